The monoisotopic (exact) mass is 547 g/mol. The number of fused-ring (bicyclic) bond motifs is 1. The molecule has 0 heterocycles. The number of carboxylic acids is 1. The van der Waals surface area contributed by atoms with Crippen molar-refractivity contribution in [2.45, 2.75) is 43.2 Å². The number of carbonyl (C=O) groups is 2. The van der Waals surface area contributed by atoms with Crippen LogP contribution in [0.4, 0.5) is 23.8 Å². The summed E-state index contributed by atoms with van der Waals surface area (Å²) in [5.41, 5.74) is 0.0393. The molecule has 2 N–H and O–H groups in total. The highest BCUT2D eigenvalue weighted by Gasteiger charge is 2.65. The Bertz CT molecular complexity index is 1360. The SMILES string of the molecule is O=C(NC(C(=O)O)C1CCCC1)c1ccc2cc(F)ccc2c1OCc1ccc(S(F)(F)(F)(F)F)cc1. The van der Waals surface area contributed by atoms with Gasteiger partial charge in [0.1, 0.15) is 29.1 Å². The zero-order chi connectivity index (χ0) is 27.1. The number of ether oxygens (including phenoxy) is 1. The van der Waals surface area contributed by atoms with Gasteiger partial charge in [-0.3, -0.25) is 4.79 Å². The van der Waals surface area contributed by atoms with E-state index in [4.69, 9.17) is 4.74 Å². The molecule has 1 aliphatic rings. The molecule has 0 radical (unpaired) electrons. The van der Waals surface area contributed by atoms with Crippen molar-refractivity contribution in [1.29, 1.82) is 0 Å². The third kappa shape index (κ3) is 6.12. The van der Waals surface area contributed by atoms with Crippen LogP contribution in [0.2, 0.25) is 0 Å². The van der Waals surface area contributed by atoms with Gasteiger partial charge >= 0.3 is 16.2 Å². The van der Waals surface area contributed by atoms with Crippen molar-refractivity contribution in [2.24, 2.45) is 5.92 Å². The lowest BCUT2D eigenvalue weighted by atomic mass is 9.97. The Balaban J connectivity index is 1.65. The van der Waals surface area contributed by atoms with E-state index in [0.29, 0.717) is 23.6 Å². The molecule has 3 aromatic rings. The van der Waals surface area contributed by atoms with E-state index in [9.17, 15) is 38.5 Å². The molecule has 3 aromatic carbocycles. The van der Waals surface area contributed by atoms with Gasteiger partial charge in [-0.05, 0) is 66.1 Å². The molecule has 0 bridgehead atoms. The topological polar surface area (TPSA) is 75.6 Å². The van der Waals surface area contributed by atoms with Crippen molar-refractivity contribution in [2.75, 3.05) is 0 Å². The van der Waals surface area contributed by atoms with Gasteiger partial charge in [-0.25, -0.2) is 9.18 Å². The minimum atomic E-state index is -9.83. The molecule has 1 saturated carbocycles. The number of carboxylic acid groups (broad SMARTS) is 1. The van der Waals surface area contributed by atoms with Crippen LogP contribution in [0.25, 0.3) is 10.8 Å². The van der Waals surface area contributed by atoms with Crippen LogP contribution in [0.15, 0.2) is 59.5 Å². The number of nitrogens with one attached hydrogen (secondary N) is 1. The number of halogens is 6. The van der Waals surface area contributed by atoms with Crippen LogP contribution in [0.5, 0.6) is 5.75 Å². The minimum absolute atomic E-state index is 0.0534. The van der Waals surface area contributed by atoms with Crippen LogP contribution in [-0.4, -0.2) is 23.0 Å². The van der Waals surface area contributed by atoms with Gasteiger partial charge in [0.05, 0.1) is 5.56 Å². The lowest BCUT2D eigenvalue weighted by Gasteiger charge is -2.40. The van der Waals surface area contributed by atoms with Gasteiger partial charge in [0.25, 0.3) is 5.91 Å². The fourth-order valence-electron chi connectivity index (χ4n) is 4.50. The maximum Gasteiger partial charge on any atom is 0.326 e. The molecule has 200 valence electrons. The number of amides is 1. The Kier molecular flexibility index (Phi) is 6.38. The van der Waals surface area contributed by atoms with Crippen LogP contribution in [0, 0.1) is 11.7 Å². The zero-order valence-corrected chi connectivity index (χ0v) is 20.1. The van der Waals surface area contributed by atoms with Crippen LogP contribution < -0.4 is 10.1 Å². The molecule has 1 aliphatic carbocycles. The molecule has 4 rings (SSSR count). The maximum atomic E-state index is 13.8. The molecule has 0 aromatic heterocycles. The molecule has 5 nitrogen and oxygen atoms in total. The quantitative estimate of drug-likeness (QED) is 0.285. The van der Waals surface area contributed by atoms with Crippen LogP contribution in [0.1, 0.15) is 41.6 Å². The highest BCUT2D eigenvalue weighted by Crippen LogP contribution is 3.02. The summed E-state index contributed by atoms with van der Waals surface area (Å²) in [6.07, 6.45) is 2.99. The first kappa shape index (κ1) is 26.6. The summed E-state index contributed by atoms with van der Waals surface area (Å²) in [5.74, 6) is -2.80. The first-order chi connectivity index (χ1) is 17.1. The number of hydrogen-bond donors (Lipinski definition) is 2. The van der Waals surface area contributed by atoms with Crippen molar-refractivity contribution >= 4 is 32.9 Å². The minimum Gasteiger partial charge on any atom is -0.487 e. The molecule has 0 saturated heterocycles. The first-order valence-corrected chi connectivity index (χ1v) is 13.3. The Labute approximate surface area is 208 Å². The molecule has 0 spiro atoms. The maximum absolute atomic E-state index is 13.8. The average Bonchev–Trinajstić information content (AvgIpc) is 3.33. The summed E-state index contributed by atoms with van der Waals surface area (Å²) in [6.45, 7) is -0.400. The summed E-state index contributed by atoms with van der Waals surface area (Å²) >= 11 is 0. The second kappa shape index (κ2) is 8.86. The predicted molar refractivity (Wildman–Crippen MR) is 127 cm³/mol. The van der Waals surface area contributed by atoms with Crippen molar-refractivity contribution < 1.29 is 43.3 Å². The van der Waals surface area contributed by atoms with E-state index in [0.717, 1.165) is 31.0 Å². The highest BCUT2D eigenvalue weighted by molar-refractivity contribution is 8.45. The molecule has 37 heavy (non-hydrogen) atoms. The van der Waals surface area contributed by atoms with Crippen LogP contribution in [-0.2, 0) is 11.4 Å². The molecule has 1 amide bonds. The van der Waals surface area contributed by atoms with Gasteiger partial charge < -0.3 is 15.2 Å². The lowest BCUT2D eigenvalue weighted by molar-refractivity contribution is -0.140. The van der Waals surface area contributed by atoms with Crippen LogP contribution in [0.3, 0.4) is 0 Å². The van der Waals surface area contributed by atoms with E-state index in [1.807, 2.05) is 0 Å². The summed E-state index contributed by atoms with van der Waals surface area (Å²) in [6, 6.07) is 7.48. The molecule has 1 atom stereocenters. The fourth-order valence-corrected chi connectivity index (χ4v) is 5.15. The van der Waals surface area contributed by atoms with Crippen molar-refractivity contribution in [3.05, 3.63) is 71.5 Å². The molecule has 1 unspecified atom stereocenters. The Morgan fingerprint density at radius 3 is 2.22 bits per heavy atom. The van der Waals surface area contributed by atoms with E-state index >= 15 is 0 Å². The van der Waals surface area contributed by atoms with Crippen molar-refractivity contribution in [3.63, 3.8) is 0 Å². The predicted octanol–water partition coefficient (Wildman–Crippen LogP) is 7.59. The normalized spacial score (nSPS) is 17.1. The highest BCUT2D eigenvalue weighted by atomic mass is 32.5. The second-order valence-corrected chi connectivity index (χ2v) is 11.5. The molecule has 12 heteroatoms. The van der Waals surface area contributed by atoms with E-state index < -0.39 is 45.5 Å². The number of hydrogen-bond acceptors (Lipinski definition) is 3. The molecular formula is C25H23F6NO4S. The Hall–Kier alpha value is -3.41. The third-order valence-corrected chi connectivity index (χ3v) is 7.52. The summed E-state index contributed by atoms with van der Waals surface area (Å²) < 4.78 is 84.5. The van der Waals surface area contributed by atoms with Gasteiger partial charge in [0.2, 0.25) is 0 Å². The Morgan fingerprint density at radius 2 is 1.62 bits per heavy atom. The summed E-state index contributed by atoms with van der Waals surface area (Å²) in [5, 5.41) is 12.8. The number of carbonyl (C=O) groups excluding carboxylic acids is 1. The Morgan fingerprint density at radius 1 is 0.973 bits per heavy atom. The smallest absolute Gasteiger partial charge is 0.326 e. The van der Waals surface area contributed by atoms with Crippen LogP contribution >= 0.6 is 10.2 Å². The van der Waals surface area contributed by atoms with E-state index in [1.54, 1.807) is 0 Å². The van der Waals surface area contributed by atoms with Crippen molar-refractivity contribution in [3.8, 4) is 5.75 Å². The number of rotatable bonds is 8. The average molecular weight is 548 g/mol. The lowest BCUT2D eigenvalue weighted by Crippen LogP contribution is -2.45. The summed E-state index contributed by atoms with van der Waals surface area (Å²) in [4.78, 5) is 22.9. The second-order valence-electron chi connectivity index (χ2n) is 9.04. The third-order valence-electron chi connectivity index (χ3n) is 6.35. The number of benzene rings is 3. The largest absolute Gasteiger partial charge is 0.487 e. The van der Waals surface area contributed by atoms with E-state index in [2.05, 4.69) is 5.32 Å². The zero-order valence-electron chi connectivity index (χ0n) is 19.2. The molecule has 0 aliphatic heterocycles. The first-order valence-electron chi connectivity index (χ1n) is 11.3. The van der Waals surface area contributed by atoms with Gasteiger partial charge in [-0.15, -0.1) is 0 Å². The molecular weight excluding hydrogens is 524 g/mol. The standard InChI is InChI=1S/C25H23F6NO4S/c26-18-8-12-20-17(13-18)7-11-21(24(33)32-22(25(34)35)16-3-1-2-4-16)23(20)36-14-15-5-9-19(10-6-15)37(27,28,29,30)31/h5-13,16,22H,1-4,14H2,(H,32,33)(H,34,35). The van der Waals surface area contributed by atoms with E-state index in [1.165, 1.54) is 24.3 Å². The van der Waals surface area contributed by atoms with Gasteiger partial charge in [-0.2, -0.15) is 0 Å². The van der Waals surface area contributed by atoms with Gasteiger partial charge in [0, 0.05) is 5.39 Å². The summed E-state index contributed by atoms with van der Waals surface area (Å²) in [7, 11) is -9.83. The van der Waals surface area contributed by atoms with Crippen molar-refractivity contribution in [1.82, 2.24) is 5.32 Å². The van der Waals surface area contributed by atoms with E-state index in [-0.39, 0.29) is 34.9 Å². The van der Waals surface area contributed by atoms with Gasteiger partial charge in [0.15, 0.2) is 0 Å². The fraction of sp³-hybridized carbons (Fsp3) is 0.280. The molecule has 1 fully saturated rings. The number of aliphatic carboxylic acids is 1. The van der Waals surface area contributed by atoms with Gasteiger partial charge in [-0.1, -0.05) is 50.5 Å².